The van der Waals surface area contributed by atoms with E-state index in [-0.39, 0.29) is 6.10 Å². The summed E-state index contributed by atoms with van der Waals surface area (Å²) in [6.07, 6.45) is 2.67. The van der Waals surface area contributed by atoms with Gasteiger partial charge in [0, 0.05) is 13.0 Å². The summed E-state index contributed by atoms with van der Waals surface area (Å²) >= 11 is 0. The van der Waals surface area contributed by atoms with E-state index >= 15 is 0 Å². The third-order valence-electron chi connectivity index (χ3n) is 2.11. The number of ether oxygens (including phenoxy) is 1. The molecule has 1 aromatic heterocycles. The number of unbranched alkanes of at least 4 members (excludes halogenated alkanes) is 1. The van der Waals surface area contributed by atoms with E-state index in [1.165, 1.54) is 0 Å². The molecule has 15 heavy (non-hydrogen) atoms. The zero-order valence-electron chi connectivity index (χ0n) is 9.40. The van der Waals surface area contributed by atoms with Crippen molar-refractivity contribution in [1.29, 1.82) is 0 Å². The topological polar surface area (TPSA) is 74.2 Å². The zero-order chi connectivity index (χ0) is 11.1. The van der Waals surface area contributed by atoms with Gasteiger partial charge < -0.3 is 15.0 Å². The van der Waals surface area contributed by atoms with Gasteiger partial charge in [-0.15, -0.1) is 0 Å². The highest BCUT2D eigenvalue weighted by molar-refractivity contribution is 4.89. The molecule has 0 spiro atoms. The fourth-order valence-electron chi connectivity index (χ4n) is 1.28. The molecule has 5 nitrogen and oxygen atoms in total. The van der Waals surface area contributed by atoms with E-state index in [1.807, 2.05) is 13.8 Å². The van der Waals surface area contributed by atoms with Crippen LogP contribution in [0.2, 0.25) is 0 Å². The number of nitrogens with two attached hydrogens (primary N) is 1. The van der Waals surface area contributed by atoms with E-state index in [1.54, 1.807) is 0 Å². The largest absolute Gasteiger partial charge is 0.371 e. The molecule has 5 heteroatoms. The van der Waals surface area contributed by atoms with E-state index in [2.05, 4.69) is 10.1 Å². The van der Waals surface area contributed by atoms with Gasteiger partial charge in [-0.2, -0.15) is 4.98 Å². The number of nitrogens with zero attached hydrogens (tertiary/aromatic N) is 2. The van der Waals surface area contributed by atoms with Crippen LogP contribution in [-0.4, -0.2) is 23.3 Å². The molecule has 0 saturated heterocycles. The fraction of sp³-hybridized carbons (Fsp3) is 0.800. The molecule has 0 aliphatic carbocycles. The second kappa shape index (κ2) is 6.53. The predicted molar refractivity (Wildman–Crippen MR) is 56.3 cm³/mol. The average Bonchev–Trinajstić information content (AvgIpc) is 2.67. The molecule has 0 radical (unpaired) electrons. The maximum Gasteiger partial charge on any atom is 0.226 e. The van der Waals surface area contributed by atoms with E-state index in [4.69, 9.17) is 15.0 Å². The minimum atomic E-state index is -0.0954. The molecule has 0 fully saturated rings. The van der Waals surface area contributed by atoms with Crippen molar-refractivity contribution in [2.45, 2.75) is 39.2 Å². The quantitative estimate of drug-likeness (QED) is 0.694. The van der Waals surface area contributed by atoms with Gasteiger partial charge >= 0.3 is 0 Å². The van der Waals surface area contributed by atoms with Crippen molar-refractivity contribution in [3.63, 3.8) is 0 Å². The molecular formula is C10H19N3O2. The Labute approximate surface area is 90.0 Å². The summed E-state index contributed by atoms with van der Waals surface area (Å²) in [5.41, 5.74) is 5.40. The number of hydrogen-bond acceptors (Lipinski definition) is 5. The first kappa shape index (κ1) is 12.1. The average molecular weight is 213 g/mol. The lowest BCUT2D eigenvalue weighted by Crippen LogP contribution is -2.02. The van der Waals surface area contributed by atoms with E-state index in [0.29, 0.717) is 24.9 Å². The van der Waals surface area contributed by atoms with Gasteiger partial charge in [0.1, 0.15) is 6.10 Å². The highest BCUT2D eigenvalue weighted by Gasteiger charge is 2.12. The maximum atomic E-state index is 5.40. The summed E-state index contributed by atoms with van der Waals surface area (Å²) in [5, 5.41) is 3.87. The van der Waals surface area contributed by atoms with Gasteiger partial charge in [0.2, 0.25) is 5.89 Å². The third kappa shape index (κ3) is 3.97. The van der Waals surface area contributed by atoms with Gasteiger partial charge in [0.05, 0.1) is 0 Å². The van der Waals surface area contributed by atoms with Crippen LogP contribution in [0, 0.1) is 0 Å². The van der Waals surface area contributed by atoms with Crippen molar-refractivity contribution in [2.24, 2.45) is 5.73 Å². The van der Waals surface area contributed by atoms with Crippen molar-refractivity contribution in [3.8, 4) is 0 Å². The molecular weight excluding hydrogens is 194 g/mol. The fourth-order valence-corrected chi connectivity index (χ4v) is 1.28. The normalized spacial score (nSPS) is 13.0. The molecule has 0 aliphatic heterocycles. The van der Waals surface area contributed by atoms with Crippen LogP contribution in [0.25, 0.3) is 0 Å². The van der Waals surface area contributed by atoms with Gasteiger partial charge in [0.25, 0.3) is 0 Å². The molecule has 0 aromatic carbocycles. The Kier molecular flexibility index (Phi) is 5.28. The van der Waals surface area contributed by atoms with Crippen LogP contribution >= 0.6 is 0 Å². The minimum absolute atomic E-state index is 0.0954. The van der Waals surface area contributed by atoms with Gasteiger partial charge in [0.15, 0.2) is 5.82 Å². The zero-order valence-corrected chi connectivity index (χ0v) is 9.40. The molecule has 0 bridgehead atoms. The van der Waals surface area contributed by atoms with Gasteiger partial charge in [-0.25, -0.2) is 0 Å². The summed E-state index contributed by atoms with van der Waals surface area (Å²) in [6, 6.07) is 0. The van der Waals surface area contributed by atoms with Crippen molar-refractivity contribution in [1.82, 2.24) is 10.1 Å². The lowest BCUT2D eigenvalue weighted by atomic mass is 10.2. The molecule has 0 amide bonds. The molecule has 86 valence electrons. The first-order chi connectivity index (χ1) is 7.27. The van der Waals surface area contributed by atoms with Crippen LogP contribution in [0.4, 0.5) is 0 Å². The number of hydrogen-bond donors (Lipinski definition) is 1. The summed E-state index contributed by atoms with van der Waals surface area (Å²) in [4.78, 5) is 4.26. The van der Waals surface area contributed by atoms with Crippen LogP contribution < -0.4 is 5.73 Å². The van der Waals surface area contributed by atoms with Crippen molar-refractivity contribution >= 4 is 0 Å². The molecule has 1 atom stereocenters. The molecule has 0 aliphatic rings. The van der Waals surface area contributed by atoms with Gasteiger partial charge in [-0.1, -0.05) is 5.16 Å². The highest BCUT2D eigenvalue weighted by atomic mass is 16.5. The lowest BCUT2D eigenvalue weighted by molar-refractivity contribution is 0.0683. The first-order valence-corrected chi connectivity index (χ1v) is 5.42. The van der Waals surface area contributed by atoms with Crippen LogP contribution in [0.3, 0.4) is 0 Å². The number of aromatic nitrogens is 2. The lowest BCUT2D eigenvalue weighted by Gasteiger charge is -2.04. The predicted octanol–water partition coefficient (Wildman–Crippen LogP) is 1.45. The maximum absolute atomic E-state index is 5.40. The Morgan fingerprint density at radius 3 is 2.93 bits per heavy atom. The monoisotopic (exact) mass is 213 g/mol. The van der Waals surface area contributed by atoms with Gasteiger partial charge in [-0.05, 0) is 33.2 Å². The second-order valence-corrected chi connectivity index (χ2v) is 3.39. The van der Waals surface area contributed by atoms with Gasteiger partial charge in [-0.3, -0.25) is 0 Å². The minimum Gasteiger partial charge on any atom is -0.371 e. The van der Waals surface area contributed by atoms with Crippen LogP contribution in [0.15, 0.2) is 4.52 Å². The smallest absolute Gasteiger partial charge is 0.226 e. The first-order valence-electron chi connectivity index (χ1n) is 5.42. The van der Waals surface area contributed by atoms with Crippen LogP contribution in [0.1, 0.15) is 44.5 Å². The molecule has 0 saturated carbocycles. The summed E-state index contributed by atoms with van der Waals surface area (Å²) in [6.45, 7) is 5.21. The molecule has 2 N–H and O–H groups in total. The molecule has 1 heterocycles. The van der Waals surface area contributed by atoms with Crippen LogP contribution in [0.5, 0.6) is 0 Å². The van der Waals surface area contributed by atoms with Crippen molar-refractivity contribution < 1.29 is 9.26 Å². The molecule has 1 aromatic rings. The number of aryl methyl sites for hydroxylation is 1. The van der Waals surface area contributed by atoms with E-state index in [9.17, 15) is 0 Å². The number of rotatable bonds is 7. The van der Waals surface area contributed by atoms with Crippen molar-refractivity contribution in [3.05, 3.63) is 11.7 Å². The Bertz CT molecular complexity index is 275. The van der Waals surface area contributed by atoms with Crippen LogP contribution in [-0.2, 0) is 11.2 Å². The SMILES string of the molecule is CCOC(C)c1noc(CCCCN)n1. The van der Waals surface area contributed by atoms with Crippen molar-refractivity contribution in [2.75, 3.05) is 13.2 Å². The Morgan fingerprint density at radius 1 is 1.47 bits per heavy atom. The van der Waals surface area contributed by atoms with E-state index in [0.717, 1.165) is 19.3 Å². The standard InChI is InChI=1S/C10H19N3O2/c1-3-14-8(2)10-12-9(15-13-10)6-4-5-7-11/h8H,3-7,11H2,1-2H3. The Balaban J connectivity index is 2.41. The Hall–Kier alpha value is -0.940. The summed E-state index contributed by atoms with van der Waals surface area (Å²) < 4.78 is 10.5. The summed E-state index contributed by atoms with van der Waals surface area (Å²) in [7, 11) is 0. The molecule has 1 unspecified atom stereocenters. The van der Waals surface area contributed by atoms with E-state index < -0.39 is 0 Å². The highest BCUT2D eigenvalue weighted by Crippen LogP contribution is 2.13. The molecule has 1 rings (SSSR count). The summed E-state index contributed by atoms with van der Waals surface area (Å²) in [5.74, 6) is 1.30. The second-order valence-electron chi connectivity index (χ2n) is 3.39. The third-order valence-corrected chi connectivity index (χ3v) is 2.11. The Morgan fingerprint density at radius 2 is 2.27 bits per heavy atom.